The highest BCUT2D eigenvalue weighted by Crippen LogP contribution is 2.05. The third-order valence-corrected chi connectivity index (χ3v) is 2.86. The number of benzene rings is 1. The Morgan fingerprint density at radius 3 is 2.52 bits per heavy atom. The molecule has 0 aliphatic carbocycles. The molecule has 0 radical (unpaired) electrons. The lowest BCUT2D eigenvalue weighted by Crippen LogP contribution is -2.38. The first-order valence-electron chi connectivity index (χ1n) is 6.59. The molecule has 1 aromatic rings. The molecule has 0 aromatic heterocycles. The van der Waals surface area contributed by atoms with E-state index in [9.17, 15) is 9.59 Å². The number of amides is 3. The fourth-order valence-corrected chi connectivity index (χ4v) is 1.79. The highest BCUT2D eigenvalue weighted by molar-refractivity contribution is 5.94. The summed E-state index contributed by atoms with van der Waals surface area (Å²) in [4.78, 5) is 22.7. The lowest BCUT2D eigenvalue weighted by molar-refractivity contribution is 0.0878. The van der Waals surface area contributed by atoms with Gasteiger partial charge in [-0.05, 0) is 24.1 Å². The van der Waals surface area contributed by atoms with Gasteiger partial charge in [0.2, 0.25) is 0 Å². The second-order valence-electron chi connectivity index (χ2n) is 4.55. The molecule has 0 heterocycles. The summed E-state index contributed by atoms with van der Waals surface area (Å²) in [5.41, 5.74) is 6.32. The molecule has 21 heavy (non-hydrogen) atoms. The van der Waals surface area contributed by atoms with E-state index in [0.717, 1.165) is 5.56 Å². The quantitative estimate of drug-likeness (QED) is 0.540. The van der Waals surface area contributed by atoms with Gasteiger partial charge in [0.1, 0.15) is 0 Å². The molecule has 7 heteroatoms. The Bertz CT molecular complexity index is 456. The van der Waals surface area contributed by atoms with Crippen molar-refractivity contribution in [3.63, 3.8) is 0 Å². The van der Waals surface area contributed by atoms with E-state index in [1.165, 1.54) is 7.11 Å². The number of primary amides is 1. The van der Waals surface area contributed by atoms with Crippen LogP contribution in [0, 0.1) is 0 Å². The highest BCUT2D eigenvalue weighted by atomic mass is 16.5. The molecular formula is C14H21N3O4. The predicted molar refractivity (Wildman–Crippen MR) is 77.7 cm³/mol. The van der Waals surface area contributed by atoms with Crippen molar-refractivity contribution in [1.82, 2.24) is 10.6 Å². The molecule has 1 rings (SSSR count). The number of methoxy groups -OCH3 is 1. The van der Waals surface area contributed by atoms with Crippen LogP contribution in [0.25, 0.3) is 0 Å². The van der Waals surface area contributed by atoms with Crippen molar-refractivity contribution in [3.05, 3.63) is 35.4 Å². The summed E-state index contributed by atoms with van der Waals surface area (Å²) in [6.45, 7) is 0.632. The number of aliphatic hydroxyl groups excluding tert-OH is 1. The summed E-state index contributed by atoms with van der Waals surface area (Å²) in [6.07, 6.45) is 0.431. The lowest BCUT2D eigenvalue weighted by atomic mass is 10.1. The van der Waals surface area contributed by atoms with Crippen LogP contribution in [-0.4, -0.2) is 43.4 Å². The zero-order valence-electron chi connectivity index (χ0n) is 12.0. The lowest BCUT2D eigenvalue weighted by Gasteiger charge is -2.16. The number of aliphatic hydroxyl groups is 1. The van der Waals surface area contributed by atoms with Crippen molar-refractivity contribution < 1.29 is 19.4 Å². The largest absolute Gasteiger partial charge is 0.396 e. The van der Waals surface area contributed by atoms with Crippen LogP contribution in [0.15, 0.2) is 24.3 Å². The van der Waals surface area contributed by atoms with Gasteiger partial charge in [0.15, 0.2) is 0 Å². The molecule has 0 saturated carbocycles. The minimum Gasteiger partial charge on any atom is -0.396 e. The summed E-state index contributed by atoms with van der Waals surface area (Å²) < 4.78 is 4.99. The third kappa shape index (κ3) is 6.24. The second kappa shape index (κ2) is 8.93. The van der Waals surface area contributed by atoms with Crippen LogP contribution in [0.1, 0.15) is 22.3 Å². The summed E-state index contributed by atoms with van der Waals surface area (Å²) in [5.74, 6) is -0.236. The SMILES string of the molecule is COCC(CCO)NC(=O)c1ccc(CNC(N)=O)cc1. The van der Waals surface area contributed by atoms with Crippen molar-refractivity contribution in [2.24, 2.45) is 5.73 Å². The van der Waals surface area contributed by atoms with Crippen LogP contribution >= 0.6 is 0 Å². The van der Waals surface area contributed by atoms with E-state index >= 15 is 0 Å². The van der Waals surface area contributed by atoms with Crippen molar-refractivity contribution in [2.45, 2.75) is 19.0 Å². The Morgan fingerprint density at radius 2 is 2.00 bits per heavy atom. The molecule has 7 nitrogen and oxygen atoms in total. The van der Waals surface area contributed by atoms with Crippen molar-refractivity contribution in [1.29, 1.82) is 0 Å². The fourth-order valence-electron chi connectivity index (χ4n) is 1.79. The van der Waals surface area contributed by atoms with Gasteiger partial charge >= 0.3 is 6.03 Å². The van der Waals surface area contributed by atoms with Gasteiger partial charge in [-0.1, -0.05) is 12.1 Å². The number of ether oxygens (including phenoxy) is 1. The minimum atomic E-state index is -0.594. The van der Waals surface area contributed by atoms with Crippen LogP contribution in [0.4, 0.5) is 4.79 Å². The number of hydrogen-bond donors (Lipinski definition) is 4. The molecule has 0 fully saturated rings. The highest BCUT2D eigenvalue weighted by Gasteiger charge is 2.13. The Labute approximate surface area is 123 Å². The Hall–Kier alpha value is -2.12. The van der Waals surface area contributed by atoms with Crippen molar-refractivity contribution in [2.75, 3.05) is 20.3 Å². The van der Waals surface area contributed by atoms with Gasteiger partial charge in [-0.15, -0.1) is 0 Å². The molecule has 116 valence electrons. The molecule has 1 aromatic carbocycles. The Balaban J connectivity index is 2.59. The van der Waals surface area contributed by atoms with Gasteiger partial charge in [-0.3, -0.25) is 4.79 Å². The third-order valence-electron chi connectivity index (χ3n) is 2.86. The van der Waals surface area contributed by atoms with E-state index in [2.05, 4.69) is 10.6 Å². The summed E-state index contributed by atoms with van der Waals surface area (Å²) in [5, 5.41) is 14.2. The number of rotatable bonds is 8. The van der Waals surface area contributed by atoms with E-state index in [1.54, 1.807) is 24.3 Å². The molecule has 5 N–H and O–H groups in total. The van der Waals surface area contributed by atoms with Crippen LogP contribution in [0.5, 0.6) is 0 Å². The normalized spacial score (nSPS) is 11.7. The van der Waals surface area contributed by atoms with Crippen molar-refractivity contribution in [3.8, 4) is 0 Å². The molecule has 1 unspecified atom stereocenters. The van der Waals surface area contributed by atoms with E-state index in [0.29, 0.717) is 25.1 Å². The van der Waals surface area contributed by atoms with Gasteiger partial charge in [0, 0.05) is 25.8 Å². The summed E-state index contributed by atoms with van der Waals surface area (Å²) in [6, 6.07) is 5.98. The maximum absolute atomic E-state index is 12.0. The van der Waals surface area contributed by atoms with Crippen molar-refractivity contribution >= 4 is 11.9 Å². The maximum atomic E-state index is 12.0. The monoisotopic (exact) mass is 295 g/mol. The first-order valence-corrected chi connectivity index (χ1v) is 6.59. The van der Waals surface area contributed by atoms with E-state index < -0.39 is 6.03 Å². The number of carbonyl (C=O) groups is 2. The van der Waals surface area contributed by atoms with Gasteiger partial charge in [0.05, 0.1) is 12.6 Å². The molecule has 3 amide bonds. The number of urea groups is 1. The van der Waals surface area contributed by atoms with Gasteiger partial charge in [0.25, 0.3) is 5.91 Å². The van der Waals surface area contributed by atoms with Gasteiger partial charge in [-0.2, -0.15) is 0 Å². The average molecular weight is 295 g/mol. The molecule has 0 aliphatic rings. The maximum Gasteiger partial charge on any atom is 0.312 e. The smallest absolute Gasteiger partial charge is 0.312 e. The van der Waals surface area contributed by atoms with E-state index in [-0.39, 0.29) is 18.6 Å². The summed E-state index contributed by atoms with van der Waals surface area (Å²) in [7, 11) is 1.54. The molecule has 0 saturated heterocycles. The van der Waals surface area contributed by atoms with Crippen LogP contribution in [0.3, 0.4) is 0 Å². The minimum absolute atomic E-state index is 0.0218. The van der Waals surface area contributed by atoms with Gasteiger partial charge in [-0.25, -0.2) is 4.79 Å². The predicted octanol–water partition coefficient (Wildman–Crippen LogP) is -0.0179. The molecule has 0 spiro atoms. The molecular weight excluding hydrogens is 274 g/mol. The zero-order chi connectivity index (χ0) is 15.7. The van der Waals surface area contributed by atoms with Crippen LogP contribution in [0.2, 0.25) is 0 Å². The molecule has 0 bridgehead atoms. The number of hydrogen-bond acceptors (Lipinski definition) is 4. The van der Waals surface area contributed by atoms with Crippen LogP contribution in [-0.2, 0) is 11.3 Å². The first kappa shape index (κ1) is 16.9. The second-order valence-corrected chi connectivity index (χ2v) is 4.55. The van der Waals surface area contributed by atoms with E-state index in [1.807, 2.05) is 0 Å². The molecule has 0 aliphatic heterocycles. The van der Waals surface area contributed by atoms with Gasteiger partial charge < -0.3 is 26.2 Å². The molecule has 1 atom stereocenters. The zero-order valence-corrected chi connectivity index (χ0v) is 12.0. The summed E-state index contributed by atoms with van der Waals surface area (Å²) >= 11 is 0. The van der Waals surface area contributed by atoms with Crippen LogP contribution < -0.4 is 16.4 Å². The topological polar surface area (TPSA) is 114 Å². The fraction of sp³-hybridized carbons (Fsp3) is 0.429. The number of nitrogens with two attached hydrogens (primary N) is 1. The standard InChI is InChI=1S/C14H21N3O4/c1-21-9-12(6-7-18)17-13(19)11-4-2-10(3-5-11)8-16-14(15)20/h2-5,12,18H,6-9H2,1H3,(H,17,19)(H3,15,16,20). The Morgan fingerprint density at radius 1 is 1.33 bits per heavy atom. The van der Waals surface area contributed by atoms with E-state index in [4.69, 9.17) is 15.6 Å². The number of carbonyl (C=O) groups excluding carboxylic acids is 2. The first-order chi connectivity index (χ1) is 10.1. The number of nitrogens with one attached hydrogen (secondary N) is 2. The Kier molecular flexibility index (Phi) is 7.20. The average Bonchev–Trinajstić information content (AvgIpc) is 2.46.